The van der Waals surface area contributed by atoms with Crippen LogP contribution in [0.1, 0.15) is 43.0 Å². The fourth-order valence-corrected chi connectivity index (χ4v) is 1.40. The minimum atomic E-state index is 0.0345. The highest BCUT2D eigenvalue weighted by Gasteiger charge is 2.01. The van der Waals surface area contributed by atoms with Crippen LogP contribution >= 0.6 is 0 Å². The standard InChI is InChI=1S/C13H17NO2/c1-2-3-4-5-13(16)14-12-8-6-11(10-15)7-9-12/h6-10H,2-5H2,1H3,(H,14,16). The normalized spacial score (nSPS) is 9.81. The van der Waals surface area contributed by atoms with Gasteiger partial charge in [-0.2, -0.15) is 0 Å². The fourth-order valence-electron chi connectivity index (χ4n) is 1.40. The van der Waals surface area contributed by atoms with Gasteiger partial charge in [-0.1, -0.05) is 19.8 Å². The molecular formula is C13H17NO2. The topological polar surface area (TPSA) is 46.2 Å². The first-order valence-electron chi connectivity index (χ1n) is 5.61. The van der Waals surface area contributed by atoms with Gasteiger partial charge in [-0.15, -0.1) is 0 Å². The Labute approximate surface area is 95.9 Å². The summed E-state index contributed by atoms with van der Waals surface area (Å²) in [4.78, 5) is 21.9. The van der Waals surface area contributed by atoms with Crippen molar-refractivity contribution >= 4 is 17.9 Å². The molecule has 0 aliphatic rings. The number of rotatable bonds is 6. The fraction of sp³-hybridized carbons (Fsp3) is 0.385. The number of hydrogen-bond donors (Lipinski definition) is 1. The number of hydrogen-bond acceptors (Lipinski definition) is 2. The van der Waals surface area contributed by atoms with Crippen LogP contribution in [0.2, 0.25) is 0 Å². The van der Waals surface area contributed by atoms with E-state index in [1.807, 2.05) is 0 Å². The molecule has 1 amide bonds. The number of amides is 1. The SMILES string of the molecule is CCCCCC(=O)Nc1ccc(C=O)cc1. The molecule has 0 radical (unpaired) electrons. The number of carbonyl (C=O) groups is 2. The molecule has 0 saturated heterocycles. The minimum absolute atomic E-state index is 0.0345. The molecule has 3 heteroatoms. The Morgan fingerprint density at radius 1 is 1.25 bits per heavy atom. The molecule has 0 aliphatic carbocycles. The zero-order chi connectivity index (χ0) is 11.8. The van der Waals surface area contributed by atoms with Crippen LogP contribution in [-0.4, -0.2) is 12.2 Å². The van der Waals surface area contributed by atoms with E-state index < -0.39 is 0 Å². The Kier molecular flexibility index (Phi) is 5.26. The summed E-state index contributed by atoms with van der Waals surface area (Å²) in [5.74, 6) is 0.0345. The van der Waals surface area contributed by atoms with E-state index in [2.05, 4.69) is 12.2 Å². The molecule has 1 aromatic carbocycles. The first-order valence-corrected chi connectivity index (χ1v) is 5.61. The molecule has 1 aromatic rings. The van der Waals surface area contributed by atoms with Gasteiger partial charge in [0.15, 0.2) is 0 Å². The maximum absolute atomic E-state index is 11.5. The number of carbonyl (C=O) groups excluding carboxylic acids is 2. The molecule has 0 fully saturated rings. The number of benzene rings is 1. The number of nitrogens with one attached hydrogen (secondary N) is 1. The first kappa shape index (κ1) is 12.4. The molecule has 0 heterocycles. The van der Waals surface area contributed by atoms with Crippen LogP contribution in [0.5, 0.6) is 0 Å². The Bertz CT molecular complexity index is 343. The van der Waals surface area contributed by atoms with Crippen LogP contribution in [0, 0.1) is 0 Å². The second-order valence-corrected chi connectivity index (χ2v) is 3.75. The van der Waals surface area contributed by atoms with Gasteiger partial charge in [0.25, 0.3) is 0 Å². The van der Waals surface area contributed by atoms with E-state index in [4.69, 9.17) is 0 Å². The van der Waals surface area contributed by atoms with E-state index in [9.17, 15) is 9.59 Å². The van der Waals surface area contributed by atoms with Crippen molar-refractivity contribution < 1.29 is 9.59 Å². The van der Waals surface area contributed by atoms with E-state index in [0.717, 1.165) is 31.2 Å². The molecule has 1 N–H and O–H groups in total. The average Bonchev–Trinajstić information content (AvgIpc) is 2.30. The highest BCUT2D eigenvalue weighted by Crippen LogP contribution is 2.09. The summed E-state index contributed by atoms with van der Waals surface area (Å²) in [5.41, 5.74) is 1.36. The van der Waals surface area contributed by atoms with Gasteiger partial charge in [0.1, 0.15) is 6.29 Å². The third kappa shape index (κ3) is 4.26. The smallest absolute Gasteiger partial charge is 0.224 e. The number of aldehydes is 1. The third-order valence-electron chi connectivity index (χ3n) is 2.34. The molecular weight excluding hydrogens is 202 g/mol. The summed E-state index contributed by atoms with van der Waals surface area (Å²) in [6.45, 7) is 2.11. The predicted molar refractivity (Wildman–Crippen MR) is 64.6 cm³/mol. The third-order valence-corrected chi connectivity index (χ3v) is 2.34. The molecule has 3 nitrogen and oxygen atoms in total. The lowest BCUT2D eigenvalue weighted by Gasteiger charge is -2.04. The lowest BCUT2D eigenvalue weighted by Crippen LogP contribution is -2.10. The quantitative estimate of drug-likeness (QED) is 0.590. The van der Waals surface area contributed by atoms with Crippen molar-refractivity contribution in [1.29, 1.82) is 0 Å². The lowest BCUT2D eigenvalue weighted by molar-refractivity contribution is -0.116. The van der Waals surface area contributed by atoms with E-state index in [1.54, 1.807) is 24.3 Å². The van der Waals surface area contributed by atoms with Crippen LogP contribution in [0.15, 0.2) is 24.3 Å². The second kappa shape index (κ2) is 6.77. The summed E-state index contributed by atoms with van der Waals surface area (Å²) in [5, 5.41) is 2.80. The van der Waals surface area contributed by atoms with Crippen LogP contribution in [0.3, 0.4) is 0 Å². The molecule has 1 rings (SSSR count). The first-order chi connectivity index (χ1) is 7.76. The average molecular weight is 219 g/mol. The molecule has 0 bridgehead atoms. The minimum Gasteiger partial charge on any atom is -0.326 e. The molecule has 16 heavy (non-hydrogen) atoms. The van der Waals surface area contributed by atoms with Crippen LogP contribution in [0.4, 0.5) is 5.69 Å². The summed E-state index contributed by atoms with van der Waals surface area (Å²) < 4.78 is 0. The van der Waals surface area contributed by atoms with Crippen molar-refractivity contribution in [1.82, 2.24) is 0 Å². The van der Waals surface area contributed by atoms with Crippen molar-refractivity contribution in [3.63, 3.8) is 0 Å². The maximum atomic E-state index is 11.5. The zero-order valence-electron chi connectivity index (χ0n) is 9.53. The van der Waals surface area contributed by atoms with Gasteiger partial charge in [0, 0.05) is 17.7 Å². The molecule has 0 saturated carbocycles. The molecule has 0 spiro atoms. The molecule has 0 unspecified atom stereocenters. The van der Waals surface area contributed by atoms with E-state index in [1.165, 1.54) is 0 Å². The second-order valence-electron chi connectivity index (χ2n) is 3.75. The maximum Gasteiger partial charge on any atom is 0.224 e. The van der Waals surface area contributed by atoms with Gasteiger partial charge in [-0.05, 0) is 30.7 Å². The predicted octanol–water partition coefficient (Wildman–Crippen LogP) is 3.02. The highest BCUT2D eigenvalue weighted by atomic mass is 16.1. The summed E-state index contributed by atoms with van der Waals surface area (Å²) >= 11 is 0. The Morgan fingerprint density at radius 2 is 1.94 bits per heavy atom. The molecule has 86 valence electrons. The Morgan fingerprint density at radius 3 is 2.50 bits per heavy atom. The number of unbranched alkanes of at least 4 members (excludes halogenated alkanes) is 2. The van der Waals surface area contributed by atoms with E-state index >= 15 is 0 Å². The van der Waals surface area contributed by atoms with E-state index in [-0.39, 0.29) is 5.91 Å². The van der Waals surface area contributed by atoms with Crippen molar-refractivity contribution in [3.8, 4) is 0 Å². The van der Waals surface area contributed by atoms with E-state index in [0.29, 0.717) is 12.0 Å². The van der Waals surface area contributed by atoms with Crippen molar-refractivity contribution in [2.45, 2.75) is 32.6 Å². The van der Waals surface area contributed by atoms with Crippen molar-refractivity contribution in [2.24, 2.45) is 0 Å². The molecule has 0 aliphatic heterocycles. The molecule has 0 aromatic heterocycles. The Hall–Kier alpha value is -1.64. The molecule has 0 atom stereocenters. The zero-order valence-corrected chi connectivity index (χ0v) is 9.53. The monoisotopic (exact) mass is 219 g/mol. The van der Waals surface area contributed by atoms with Crippen LogP contribution < -0.4 is 5.32 Å². The summed E-state index contributed by atoms with van der Waals surface area (Å²) in [6, 6.07) is 6.85. The largest absolute Gasteiger partial charge is 0.326 e. The lowest BCUT2D eigenvalue weighted by atomic mass is 10.2. The van der Waals surface area contributed by atoms with Crippen molar-refractivity contribution in [2.75, 3.05) is 5.32 Å². The van der Waals surface area contributed by atoms with Crippen LogP contribution in [-0.2, 0) is 4.79 Å². The van der Waals surface area contributed by atoms with Gasteiger partial charge in [0.2, 0.25) is 5.91 Å². The highest BCUT2D eigenvalue weighted by molar-refractivity contribution is 5.91. The summed E-state index contributed by atoms with van der Waals surface area (Å²) in [6.07, 6.45) is 4.46. The van der Waals surface area contributed by atoms with Gasteiger partial charge < -0.3 is 5.32 Å². The van der Waals surface area contributed by atoms with Gasteiger partial charge in [-0.3, -0.25) is 9.59 Å². The summed E-state index contributed by atoms with van der Waals surface area (Å²) in [7, 11) is 0. The van der Waals surface area contributed by atoms with Gasteiger partial charge in [-0.25, -0.2) is 0 Å². The van der Waals surface area contributed by atoms with Crippen LogP contribution in [0.25, 0.3) is 0 Å². The Balaban J connectivity index is 2.40. The van der Waals surface area contributed by atoms with Crippen molar-refractivity contribution in [3.05, 3.63) is 29.8 Å². The number of anilines is 1. The van der Waals surface area contributed by atoms with Gasteiger partial charge in [0.05, 0.1) is 0 Å². The van der Waals surface area contributed by atoms with Gasteiger partial charge >= 0.3 is 0 Å².